The van der Waals surface area contributed by atoms with Gasteiger partial charge in [-0.05, 0) is 31.9 Å². The zero-order valence-corrected chi connectivity index (χ0v) is 17.3. The second kappa shape index (κ2) is 14.2. The summed E-state index contributed by atoms with van der Waals surface area (Å²) in [6.07, 6.45) is 10.8. The molecule has 0 saturated carbocycles. The molecule has 150 valence electrons. The fraction of sp³-hybridized carbons (Fsp3) is 0.850. The lowest BCUT2D eigenvalue weighted by atomic mass is 10.1. The number of amides is 2. The molecule has 2 amide bonds. The molecule has 1 aliphatic rings. The molecule has 0 aromatic heterocycles. The fourth-order valence-electron chi connectivity index (χ4n) is 3.15. The maximum Gasteiger partial charge on any atom is 0.242 e. The summed E-state index contributed by atoms with van der Waals surface area (Å²) in [6, 6.07) is 0. The second-order valence-corrected chi connectivity index (χ2v) is 8.38. The zero-order valence-electron chi connectivity index (χ0n) is 16.5. The first-order valence-electron chi connectivity index (χ1n) is 10.0. The average molecular weight is 386 g/mol. The smallest absolute Gasteiger partial charge is 0.242 e. The molecule has 1 aliphatic heterocycles. The summed E-state index contributed by atoms with van der Waals surface area (Å²) in [5.41, 5.74) is 0. The van der Waals surface area contributed by atoms with Gasteiger partial charge in [0.1, 0.15) is 5.78 Å². The van der Waals surface area contributed by atoms with Gasteiger partial charge in [0, 0.05) is 33.1 Å². The van der Waals surface area contributed by atoms with Crippen molar-refractivity contribution in [1.82, 2.24) is 4.90 Å². The second-order valence-electron chi connectivity index (χ2n) is 7.07. The molecule has 0 radical (unpaired) electrons. The normalized spacial score (nSPS) is 17.3. The van der Waals surface area contributed by atoms with E-state index in [0.29, 0.717) is 26.0 Å². The Morgan fingerprint density at radius 3 is 2.27 bits per heavy atom. The predicted octanol–water partition coefficient (Wildman–Crippen LogP) is 3.98. The van der Waals surface area contributed by atoms with Gasteiger partial charge in [0.2, 0.25) is 11.8 Å². The Kier molecular flexibility index (Phi) is 12.7. The third kappa shape index (κ3) is 9.72. The molecule has 1 saturated heterocycles. The summed E-state index contributed by atoms with van der Waals surface area (Å²) in [6.45, 7) is 2.92. The van der Waals surface area contributed by atoms with Crippen LogP contribution < -0.4 is 0 Å². The molecule has 0 aromatic rings. The van der Waals surface area contributed by atoms with Crippen molar-refractivity contribution in [2.45, 2.75) is 82.8 Å². The molecule has 0 spiro atoms. The van der Waals surface area contributed by atoms with E-state index in [1.54, 1.807) is 25.8 Å². The van der Waals surface area contributed by atoms with Crippen LogP contribution in [0.5, 0.6) is 0 Å². The summed E-state index contributed by atoms with van der Waals surface area (Å²) in [4.78, 5) is 36.7. The fourth-order valence-corrected chi connectivity index (χ4v) is 4.25. The highest BCUT2D eigenvalue weighted by Crippen LogP contribution is 2.26. The van der Waals surface area contributed by atoms with Gasteiger partial charge in [0.25, 0.3) is 0 Å². The standard InChI is InChI=1S/C20H35NO4S/c1-17(22)12-9-7-5-3-4-6-8-10-13-21-19(23)16-18(20(21)24)26-15-11-14-25-2/h18H,3-16H2,1-2H3. The van der Waals surface area contributed by atoms with Crippen LogP contribution in [-0.2, 0) is 19.1 Å². The highest BCUT2D eigenvalue weighted by Gasteiger charge is 2.37. The molecular formula is C20H35NO4S. The monoisotopic (exact) mass is 385 g/mol. The van der Waals surface area contributed by atoms with E-state index < -0.39 is 0 Å². The Hall–Kier alpha value is -0.880. The molecular weight excluding hydrogens is 350 g/mol. The lowest BCUT2D eigenvalue weighted by Crippen LogP contribution is -2.32. The maximum atomic E-state index is 12.3. The van der Waals surface area contributed by atoms with Crippen LogP contribution in [0.3, 0.4) is 0 Å². The minimum Gasteiger partial charge on any atom is -0.385 e. The highest BCUT2D eigenvalue weighted by atomic mass is 32.2. The van der Waals surface area contributed by atoms with Crippen molar-refractivity contribution in [3.8, 4) is 0 Å². The van der Waals surface area contributed by atoms with Crippen LogP contribution in [-0.4, -0.2) is 53.8 Å². The molecule has 0 aromatic carbocycles. The number of ether oxygens (including phenoxy) is 1. The van der Waals surface area contributed by atoms with Gasteiger partial charge in [-0.15, -0.1) is 11.8 Å². The molecule has 6 heteroatoms. The molecule has 1 unspecified atom stereocenters. The largest absolute Gasteiger partial charge is 0.385 e. The third-order valence-corrected chi connectivity index (χ3v) is 5.97. The van der Waals surface area contributed by atoms with Crippen LogP contribution in [0, 0.1) is 0 Å². The van der Waals surface area contributed by atoms with Gasteiger partial charge >= 0.3 is 0 Å². The summed E-state index contributed by atoms with van der Waals surface area (Å²) >= 11 is 1.58. The summed E-state index contributed by atoms with van der Waals surface area (Å²) in [5, 5.41) is -0.186. The SMILES string of the molecule is COCCCSC1CC(=O)N(CCCCCCCCCCC(C)=O)C1=O. The van der Waals surface area contributed by atoms with E-state index in [0.717, 1.165) is 44.3 Å². The molecule has 1 rings (SSSR count). The Labute approximate surface area is 162 Å². The number of carbonyl (C=O) groups is 3. The first-order chi connectivity index (χ1) is 12.6. The number of carbonyl (C=O) groups excluding carboxylic acids is 3. The van der Waals surface area contributed by atoms with Gasteiger partial charge < -0.3 is 9.53 Å². The molecule has 1 fully saturated rings. The van der Waals surface area contributed by atoms with Gasteiger partial charge in [-0.1, -0.05) is 38.5 Å². The van der Waals surface area contributed by atoms with Crippen molar-refractivity contribution in [2.75, 3.05) is 26.0 Å². The third-order valence-electron chi connectivity index (χ3n) is 4.67. The van der Waals surface area contributed by atoms with Gasteiger partial charge in [-0.25, -0.2) is 0 Å². The first-order valence-corrected chi connectivity index (χ1v) is 11.0. The van der Waals surface area contributed by atoms with E-state index >= 15 is 0 Å². The minimum atomic E-state index is -0.186. The lowest BCUT2D eigenvalue weighted by molar-refractivity contribution is -0.138. The molecule has 5 nitrogen and oxygen atoms in total. The van der Waals surface area contributed by atoms with E-state index in [1.165, 1.54) is 24.2 Å². The summed E-state index contributed by atoms with van der Waals surface area (Å²) in [7, 11) is 1.67. The van der Waals surface area contributed by atoms with Crippen molar-refractivity contribution in [3.05, 3.63) is 0 Å². The van der Waals surface area contributed by atoms with E-state index in [4.69, 9.17) is 4.74 Å². The van der Waals surface area contributed by atoms with Crippen molar-refractivity contribution >= 4 is 29.4 Å². The van der Waals surface area contributed by atoms with Crippen molar-refractivity contribution < 1.29 is 19.1 Å². The average Bonchev–Trinajstić information content (AvgIpc) is 2.87. The Balaban J connectivity index is 2.03. The first kappa shape index (κ1) is 23.2. The van der Waals surface area contributed by atoms with Crippen LogP contribution >= 0.6 is 11.8 Å². The Morgan fingerprint density at radius 1 is 1.04 bits per heavy atom. The van der Waals surface area contributed by atoms with Gasteiger partial charge in [-0.3, -0.25) is 14.5 Å². The number of rotatable bonds is 16. The number of likely N-dealkylation sites (tertiary alicyclic amines) is 1. The lowest BCUT2D eigenvalue weighted by Gasteiger charge is -2.14. The number of ketones is 1. The van der Waals surface area contributed by atoms with Crippen LogP contribution in [0.2, 0.25) is 0 Å². The Morgan fingerprint density at radius 2 is 1.65 bits per heavy atom. The minimum absolute atomic E-state index is 0.00267. The van der Waals surface area contributed by atoms with Crippen molar-refractivity contribution in [1.29, 1.82) is 0 Å². The van der Waals surface area contributed by atoms with E-state index in [1.807, 2.05) is 0 Å². The molecule has 1 atom stereocenters. The van der Waals surface area contributed by atoms with Crippen LogP contribution in [0.25, 0.3) is 0 Å². The number of thioether (sulfide) groups is 1. The van der Waals surface area contributed by atoms with E-state index in [-0.39, 0.29) is 22.8 Å². The maximum absolute atomic E-state index is 12.3. The van der Waals surface area contributed by atoms with E-state index in [2.05, 4.69) is 0 Å². The number of methoxy groups -OCH3 is 1. The van der Waals surface area contributed by atoms with E-state index in [9.17, 15) is 14.4 Å². The number of Topliss-reactive ketones (excluding diaryl/α,β-unsaturated/α-hetero) is 1. The molecule has 26 heavy (non-hydrogen) atoms. The van der Waals surface area contributed by atoms with Crippen molar-refractivity contribution in [3.63, 3.8) is 0 Å². The highest BCUT2D eigenvalue weighted by molar-refractivity contribution is 8.00. The molecule has 0 N–H and O–H groups in total. The summed E-state index contributed by atoms with van der Waals surface area (Å²) in [5.74, 6) is 1.14. The number of imide groups is 1. The predicted molar refractivity (Wildman–Crippen MR) is 106 cm³/mol. The van der Waals surface area contributed by atoms with Crippen molar-refractivity contribution in [2.24, 2.45) is 0 Å². The van der Waals surface area contributed by atoms with Crippen LogP contribution in [0.15, 0.2) is 0 Å². The quantitative estimate of drug-likeness (QED) is 0.297. The van der Waals surface area contributed by atoms with Gasteiger partial charge in [0.05, 0.1) is 5.25 Å². The molecule has 1 heterocycles. The van der Waals surface area contributed by atoms with Gasteiger partial charge in [-0.2, -0.15) is 0 Å². The Bertz CT molecular complexity index is 442. The number of hydrogen-bond acceptors (Lipinski definition) is 5. The number of nitrogens with zero attached hydrogens (tertiary/aromatic N) is 1. The zero-order chi connectivity index (χ0) is 19.2. The summed E-state index contributed by atoms with van der Waals surface area (Å²) < 4.78 is 5.01. The van der Waals surface area contributed by atoms with Crippen LogP contribution in [0.4, 0.5) is 0 Å². The topological polar surface area (TPSA) is 63.7 Å². The van der Waals surface area contributed by atoms with Crippen LogP contribution in [0.1, 0.15) is 77.6 Å². The molecule has 0 bridgehead atoms. The number of hydrogen-bond donors (Lipinski definition) is 0. The molecule has 0 aliphatic carbocycles. The van der Waals surface area contributed by atoms with Gasteiger partial charge in [0.15, 0.2) is 0 Å². The number of unbranched alkanes of at least 4 members (excludes halogenated alkanes) is 7.